The largest absolute Gasteiger partial charge is 0.493 e. The van der Waals surface area contributed by atoms with Gasteiger partial charge in [0.1, 0.15) is 5.75 Å². The third kappa shape index (κ3) is 5.81. The quantitative estimate of drug-likeness (QED) is 0.350. The highest BCUT2D eigenvalue weighted by Crippen LogP contribution is 2.42. The van der Waals surface area contributed by atoms with Crippen molar-refractivity contribution in [2.45, 2.75) is 50.7 Å². The van der Waals surface area contributed by atoms with Crippen molar-refractivity contribution in [3.05, 3.63) is 77.9 Å². The number of aliphatic hydroxyl groups is 1. The van der Waals surface area contributed by atoms with Gasteiger partial charge in [-0.05, 0) is 36.5 Å². The summed E-state index contributed by atoms with van der Waals surface area (Å²) in [6.07, 6.45) is 6.33. The molecule has 176 valence electrons. The molecule has 1 aliphatic rings. The van der Waals surface area contributed by atoms with Gasteiger partial charge in [0.15, 0.2) is 12.1 Å². The summed E-state index contributed by atoms with van der Waals surface area (Å²) in [6, 6.07) is 19.7. The molecule has 3 aromatic rings. The minimum absolute atomic E-state index is 0.0942. The van der Waals surface area contributed by atoms with Crippen molar-refractivity contribution < 1.29 is 18.8 Å². The van der Waals surface area contributed by atoms with Crippen LogP contribution < -0.4 is 4.74 Å². The predicted octanol–water partition coefficient (Wildman–Crippen LogP) is 4.93. The van der Waals surface area contributed by atoms with Crippen LogP contribution in [-0.4, -0.2) is 47.0 Å². The van der Waals surface area contributed by atoms with Gasteiger partial charge in [0, 0.05) is 6.42 Å². The van der Waals surface area contributed by atoms with Crippen molar-refractivity contribution in [2.24, 2.45) is 5.92 Å². The van der Waals surface area contributed by atoms with Gasteiger partial charge in [0.25, 0.3) is 5.89 Å². The molecule has 1 N–H and O–H groups in total. The smallest absolute Gasteiger partial charge is 0.281 e. The van der Waals surface area contributed by atoms with E-state index in [0.717, 1.165) is 50.0 Å². The summed E-state index contributed by atoms with van der Waals surface area (Å²) < 4.78 is 12.2. The van der Waals surface area contributed by atoms with Crippen LogP contribution in [0.2, 0.25) is 0 Å². The van der Waals surface area contributed by atoms with E-state index in [2.05, 4.69) is 19.3 Å². The topological polar surface area (TPSA) is 68.4 Å². The number of hydrogen-bond donors (Lipinski definition) is 1. The van der Waals surface area contributed by atoms with Crippen molar-refractivity contribution in [1.29, 1.82) is 0 Å². The highest BCUT2D eigenvalue weighted by Gasteiger charge is 2.44. The van der Waals surface area contributed by atoms with Crippen molar-refractivity contribution >= 4 is 0 Å². The van der Waals surface area contributed by atoms with Crippen molar-refractivity contribution in [1.82, 2.24) is 10.1 Å². The van der Waals surface area contributed by atoms with E-state index in [1.165, 1.54) is 6.42 Å². The molecule has 2 aromatic carbocycles. The van der Waals surface area contributed by atoms with Crippen LogP contribution in [0, 0.1) is 5.92 Å². The van der Waals surface area contributed by atoms with Gasteiger partial charge in [-0.15, -0.1) is 0 Å². The minimum atomic E-state index is -1.22. The number of hydrogen-bond acceptors (Lipinski definition) is 5. The van der Waals surface area contributed by atoms with E-state index >= 15 is 0 Å². The average Bonchev–Trinajstić information content (AvgIpc) is 3.31. The zero-order chi connectivity index (χ0) is 23.2. The Bertz CT molecular complexity index is 984. The van der Waals surface area contributed by atoms with E-state index in [4.69, 9.17) is 14.2 Å². The first-order valence-corrected chi connectivity index (χ1v) is 12.1. The lowest BCUT2D eigenvalue weighted by molar-refractivity contribution is -0.905. The van der Waals surface area contributed by atoms with Crippen LogP contribution in [0.15, 0.2) is 65.2 Å². The zero-order valence-corrected chi connectivity index (χ0v) is 19.8. The molecular formula is C27H36N3O3+. The zero-order valence-electron chi connectivity index (χ0n) is 19.8. The maximum absolute atomic E-state index is 12.0. The predicted molar refractivity (Wildman–Crippen MR) is 128 cm³/mol. The summed E-state index contributed by atoms with van der Waals surface area (Å²) in [5.41, 5.74) is -0.375. The second-order valence-corrected chi connectivity index (χ2v) is 9.81. The molecule has 0 spiro atoms. The normalized spacial score (nSPS) is 16.9. The van der Waals surface area contributed by atoms with Crippen molar-refractivity contribution in [2.75, 3.05) is 27.2 Å². The van der Waals surface area contributed by atoms with E-state index < -0.39 is 5.60 Å². The van der Waals surface area contributed by atoms with Crippen LogP contribution in [0.5, 0.6) is 5.75 Å². The third-order valence-electron chi connectivity index (χ3n) is 6.70. The molecule has 1 aromatic heterocycles. The van der Waals surface area contributed by atoms with Gasteiger partial charge in [0.2, 0.25) is 5.82 Å². The number of ether oxygens (including phenoxy) is 1. The number of para-hydroxylation sites is 1. The summed E-state index contributed by atoms with van der Waals surface area (Å²) in [7, 11) is 4.30. The molecule has 33 heavy (non-hydrogen) atoms. The van der Waals surface area contributed by atoms with Gasteiger partial charge >= 0.3 is 0 Å². The molecule has 1 fully saturated rings. The second kappa shape index (κ2) is 10.5. The molecule has 6 heteroatoms. The Morgan fingerprint density at radius 2 is 1.67 bits per heavy atom. The van der Waals surface area contributed by atoms with E-state index in [1.807, 2.05) is 60.7 Å². The molecular weight excluding hydrogens is 414 g/mol. The summed E-state index contributed by atoms with van der Waals surface area (Å²) in [5, 5.41) is 16.3. The van der Waals surface area contributed by atoms with Gasteiger partial charge in [-0.25, -0.2) is 0 Å². The highest BCUT2D eigenvalue weighted by atomic mass is 16.5. The minimum Gasteiger partial charge on any atom is -0.493 e. The Morgan fingerprint density at radius 1 is 1.00 bits per heavy atom. The molecule has 4 rings (SSSR count). The first-order valence-electron chi connectivity index (χ1n) is 12.1. The van der Waals surface area contributed by atoms with Crippen LogP contribution in [0.4, 0.5) is 0 Å². The lowest BCUT2D eigenvalue weighted by atomic mass is 9.73. The van der Waals surface area contributed by atoms with Gasteiger partial charge in [0.05, 0.1) is 27.2 Å². The summed E-state index contributed by atoms with van der Waals surface area (Å²) in [6.45, 7) is 2.18. The van der Waals surface area contributed by atoms with E-state index in [1.54, 1.807) is 0 Å². The Morgan fingerprint density at radius 3 is 2.36 bits per heavy atom. The summed E-state index contributed by atoms with van der Waals surface area (Å²) >= 11 is 0. The van der Waals surface area contributed by atoms with Crippen LogP contribution in [0.25, 0.3) is 0 Å². The molecule has 1 atom stereocenters. The number of aromatic nitrogens is 2. The molecule has 0 bridgehead atoms. The fraction of sp³-hybridized carbons (Fsp3) is 0.481. The Kier molecular flexibility index (Phi) is 7.46. The fourth-order valence-corrected chi connectivity index (χ4v) is 4.88. The molecule has 0 amide bonds. The number of benzene rings is 2. The van der Waals surface area contributed by atoms with Gasteiger partial charge < -0.3 is 18.8 Å². The average molecular weight is 451 g/mol. The van der Waals surface area contributed by atoms with Crippen LogP contribution >= 0.6 is 0 Å². The summed E-state index contributed by atoms with van der Waals surface area (Å²) in [4.78, 5) is 4.72. The Hall–Kier alpha value is -2.70. The van der Waals surface area contributed by atoms with E-state index in [-0.39, 0.29) is 5.92 Å². The van der Waals surface area contributed by atoms with E-state index in [0.29, 0.717) is 29.3 Å². The first kappa shape index (κ1) is 23.5. The molecule has 0 saturated heterocycles. The van der Waals surface area contributed by atoms with Crippen molar-refractivity contribution in [3.8, 4) is 5.75 Å². The molecule has 1 heterocycles. The van der Waals surface area contributed by atoms with Crippen LogP contribution in [-0.2, 0) is 12.1 Å². The lowest BCUT2D eigenvalue weighted by Gasteiger charge is -2.36. The summed E-state index contributed by atoms with van der Waals surface area (Å²) in [5.74, 6) is 1.94. The molecule has 0 aliphatic heterocycles. The molecule has 1 saturated carbocycles. The second-order valence-electron chi connectivity index (χ2n) is 9.81. The molecule has 1 unspecified atom stereocenters. The maximum Gasteiger partial charge on any atom is 0.281 e. The Balaban J connectivity index is 1.42. The maximum atomic E-state index is 12.0. The third-order valence-corrected chi connectivity index (χ3v) is 6.70. The number of nitrogens with zero attached hydrogens (tertiary/aromatic N) is 3. The SMILES string of the molecule is C[N+](C)(CCCOc1ccccc1)Cc1nc(C(O)(c2ccccc2)C2CCCCC2)no1. The van der Waals surface area contributed by atoms with Crippen molar-refractivity contribution in [3.63, 3.8) is 0 Å². The van der Waals surface area contributed by atoms with Gasteiger partial charge in [-0.2, -0.15) is 4.98 Å². The molecule has 1 aliphatic carbocycles. The number of quaternary nitrogens is 1. The lowest BCUT2D eigenvalue weighted by Crippen LogP contribution is -2.40. The molecule has 0 radical (unpaired) electrons. The first-order chi connectivity index (χ1) is 16.0. The van der Waals surface area contributed by atoms with Crippen LogP contribution in [0.3, 0.4) is 0 Å². The fourth-order valence-electron chi connectivity index (χ4n) is 4.88. The molecule has 6 nitrogen and oxygen atoms in total. The monoisotopic (exact) mass is 450 g/mol. The van der Waals surface area contributed by atoms with Crippen LogP contribution in [0.1, 0.15) is 55.8 Å². The standard InChI is InChI=1S/C27H36N3O3/c1-30(2,19-12-20-32-24-17-10-5-11-18-24)21-25-28-26(29-33-25)27(31,22-13-6-3-7-14-22)23-15-8-4-9-16-23/h3,5-7,10-11,13-14,17-18,23,31H,4,8-9,12,15-16,19-21H2,1-2H3/q+1. The van der Waals surface area contributed by atoms with E-state index in [9.17, 15) is 5.11 Å². The van der Waals surface area contributed by atoms with Gasteiger partial charge in [-0.3, -0.25) is 0 Å². The highest BCUT2D eigenvalue weighted by molar-refractivity contribution is 5.30. The Labute approximate surface area is 196 Å². The number of rotatable bonds is 10. The van der Waals surface area contributed by atoms with Gasteiger partial charge in [-0.1, -0.05) is 73.0 Å².